The van der Waals surface area contributed by atoms with Crippen molar-refractivity contribution in [2.45, 2.75) is 25.4 Å². The molecule has 0 radical (unpaired) electrons. The van der Waals surface area contributed by atoms with Gasteiger partial charge in [0.1, 0.15) is 0 Å². The molecule has 0 spiro atoms. The van der Waals surface area contributed by atoms with Crippen molar-refractivity contribution in [2.75, 3.05) is 0 Å². The minimum absolute atomic E-state index is 0.0133. The molecule has 0 saturated heterocycles. The Morgan fingerprint density at radius 3 is 2.73 bits per heavy atom. The van der Waals surface area contributed by atoms with Crippen LogP contribution in [0, 0.1) is 0 Å². The van der Waals surface area contributed by atoms with Gasteiger partial charge in [0.2, 0.25) is 0 Å². The zero-order valence-corrected chi connectivity index (χ0v) is 9.03. The molecule has 1 saturated carbocycles. The van der Waals surface area contributed by atoms with Crippen LogP contribution in [0.25, 0.3) is 0 Å². The molecule has 0 heterocycles. The predicted octanol–water partition coefficient (Wildman–Crippen LogP) is 1.28. The topological polar surface area (TPSA) is 69.4 Å². The van der Waals surface area contributed by atoms with E-state index in [0.29, 0.717) is 5.92 Å². The minimum atomic E-state index is -3.84. The third-order valence-electron chi connectivity index (χ3n) is 2.39. The summed E-state index contributed by atoms with van der Waals surface area (Å²) in [4.78, 5) is 0. The highest BCUT2D eigenvalue weighted by Crippen LogP contribution is 2.40. The highest BCUT2D eigenvalue weighted by molar-refractivity contribution is 7.84. The van der Waals surface area contributed by atoms with Gasteiger partial charge in [0.15, 0.2) is 0 Å². The van der Waals surface area contributed by atoms with Gasteiger partial charge in [0, 0.05) is 0 Å². The van der Waals surface area contributed by atoms with Gasteiger partial charge in [-0.3, -0.25) is 4.18 Å². The van der Waals surface area contributed by atoms with Crippen LogP contribution in [-0.2, 0) is 21.1 Å². The number of rotatable bonds is 4. The Morgan fingerprint density at radius 1 is 1.40 bits per heavy atom. The standard InChI is InChI=1S/C10H13NO3S/c11-15(12,13)14-7-8-2-1-3-10(6-8)9-4-5-9/h1-3,6,9H,4-5,7H2,(H2,11,12,13). The molecule has 1 aliphatic rings. The molecule has 1 aromatic rings. The quantitative estimate of drug-likeness (QED) is 0.842. The summed E-state index contributed by atoms with van der Waals surface area (Å²) in [6, 6.07) is 7.77. The van der Waals surface area contributed by atoms with Crippen LogP contribution in [0.1, 0.15) is 29.9 Å². The van der Waals surface area contributed by atoms with Crippen molar-refractivity contribution in [1.82, 2.24) is 0 Å². The van der Waals surface area contributed by atoms with Gasteiger partial charge in [-0.15, -0.1) is 0 Å². The van der Waals surface area contributed by atoms with Crippen LogP contribution in [0.4, 0.5) is 0 Å². The molecule has 15 heavy (non-hydrogen) atoms. The van der Waals surface area contributed by atoms with Crippen LogP contribution >= 0.6 is 0 Å². The first-order valence-corrected chi connectivity index (χ1v) is 6.28. The molecule has 0 bridgehead atoms. The Morgan fingerprint density at radius 2 is 2.13 bits per heavy atom. The van der Waals surface area contributed by atoms with Gasteiger partial charge in [-0.25, -0.2) is 5.14 Å². The molecule has 1 aliphatic carbocycles. The van der Waals surface area contributed by atoms with Crippen LogP contribution in [0.5, 0.6) is 0 Å². The molecule has 0 unspecified atom stereocenters. The summed E-state index contributed by atoms with van der Waals surface area (Å²) in [7, 11) is -3.84. The van der Waals surface area contributed by atoms with Crippen molar-refractivity contribution in [1.29, 1.82) is 0 Å². The van der Waals surface area contributed by atoms with Gasteiger partial charge in [-0.2, -0.15) is 8.42 Å². The van der Waals surface area contributed by atoms with E-state index in [0.717, 1.165) is 5.56 Å². The fourth-order valence-corrected chi connectivity index (χ4v) is 1.80. The van der Waals surface area contributed by atoms with E-state index in [1.807, 2.05) is 18.2 Å². The molecule has 82 valence electrons. The van der Waals surface area contributed by atoms with E-state index in [1.165, 1.54) is 18.4 Å². The van der Waals surface area contributed by atoms with E-state index in [2.05, 4.69) is 10.2 Å². The molecule has 2 rings (SSSR count). The van der Waals surface area contributed by atoms with E-state index in [-0.39, 0.29) is 6.61 Å². The summed E-state index contributed by atoms with van der Waals surface area (Å²) in [6.07, 6.45) is 2.44. The van der Waals surface area contributed by atoms with Crippen LogP contribution in [0.15, 0.2) is 24.3 Å². The average Bonchev–Trinajstić information content (AvgIpc) is 2.97. The van der Waals surface area contributed by atoms with Crippen molar-refractivity contribution in [2.24, 2.45) is 5.14 Å². The average molecular weight is 227 g/mol. The van der Waals surface area contributed by atoms with Crippen LogP contribution in [0.3, 0.4) is 0 Å². The molecule has 1 aromatic carbocycles. The molecule has 4 nitrogen and oxygen atoms in total. The second-order valence-electron chi connectivity index (χ2n) is 3.77. The normalized spacial score (nSPS) is 16.6. The molecule has 0 aliphatic heterocycles. The minimum Gasteiger partial charge on any atom is -0.253 e. The largest absolute Gasteiger partial charge is 0.333 e. The Kier molecular flexibility index (Phi) is 2.77. The first-order valence-electron chi connectivity index (χ1n) is 4.80. The maximum atomic E-state index is 10.6. The summed E-state index contributed by atoms with van der Waals surface area (Å²) < 4.78 is 25.7. The Bertz CT molecular complexity index is 451. The molecule has 5 heteroatoms. The Hall–Kier alpha value is -0.910. The zero-order chi connectivity index (χ0) is 10.9. The van der Waals surface area contributed by atoms with Crippen molar-refractivity contribution < 1.29 is 12.6 Å². The van der Waals surface area contributed by atoms with Gasteiger partial charge in [0.05, 0.1) is 6.61 Å². The van der Waals surface area contributed by atoms with Crippen LogP contribution in [-0.4, -0.2) is 8.42 Å². The van der Waals surface area contributed by atoms with Gasteiger partial charge < -0.3 is 0 Å². The van der Waals surface area contributed by atoms with E-state index in [4.69, 9.17) is 5.14 Å². The fourth-order valence-electron chi connectivity index (χ4n) is 1.50. The van der Waals surface area contributed by atoms with Crippen molar-refractivity contribution >= 4 is 10.3 Å². The SMILES string of the molecule is NS(=O)(=O)OCc1cccc(C2CC2)c1. The lowest BCUT2D eigenvalue weighted by Crippen LogP contribution is -2.15. The fraction of sp³-hybridized carbons (Fsp3) is 0.400. The summed E-state index contributed by atoms with van der Waals surface area (Å²) in [5, 5.41) is 4.74. The Labute approximate surface area is 89.3 Å². The van der Waals surface area contributed by atoms with Gasteiger partial charge >= 0.3 is 10.3 Å². The van der Waals surface area contributed by atoms with Crippen LogP contribution in [0.2, 0.25) is 0 Å². The van der Waals surface area contributed by atoms with E-state index in [9.17, 15) is 8.42 Å². The van der Waals surface area contributed by atoms with E-state index < -0.39 is 10.3 Å². The number of hydrogen-bond donors (Lipinski definition) is 1. The highest BCUT2D eigenvalue weighted by Gasteiger charge is 2.23. The van der Waals surface area contributed by atoms with Gasteiger partial charge in [-0.05, 0) is 29.9 Å². The van der Waals surface area contributed by atoms with Crippen molar-refractivity contribution in [3.05, 3.63) is 35.4 Å². The van der Waals surface area contributed by atoms with Gasteiger partial charge in [-0.1, -0.05) is 24.3 Å². The van der Waals surface area contributed by atoms with E-state index >= 15 is 0 Å². The van der Waals surface area contributed by atoms with E-state index in [1.54, 1.807) is 0 Å². The number of hydrogen-bond acceptors (Lipinski definition) is 3. The van der Waals surface area contributed by atoms with Crippen molar-refractivity contribution in [3.8, 4) is 0 Å². The molecular formula is C10H13NO3S. The van der Waals surface area contributed by atoms with Crippen LogP contribution < -0.4 is 5.14 Å². The third-order valence-corrected chi connectivity index (χ3v) is 2.84. The molecule has 0 aromatic heterocycles. The molecule has 1 fully saturated rings. The predicted molar refractivity (Wildman–Crippen MR) is 56.3 cm³/mol. The molecule has 0 amide bonds. The lowest BCUT2D eigenvalue weighted by molar-refractivity contribution is 0.308. The molecule has 0 atom stereocenters. The number of benzene rings is 1. The lowest BCUT2D eigenvalue weighted by Gasteiger charge is -2.03. The second kappa shape index (κ2) is 3.92. The lowest BCUT2D eigenvalue weighted by atomic mass is 10.1. The summed E-state index contributed by atoms with van der Waals surface area (Å²) in [5.41, 5.74) is 2.10. The number of nitrogens with two attached hydrogens (primary N) is 1. The zero-order valence-electron chi connectivity index (χ0n) is 8.22. The maximum absolute atomic E-state index is 10.6. The van der Waals surface area contributed by atoms with Crippen molar-refractivity contribution in [3.63, 3.8) is 0 Å². The third kappa shape index (κ3) is 3.30. The maximum Gasteiger partial charge on any atom is 0.333 e. The highest BCUT2D eigenvalue weighted by atomic mass is 32.2. The monoisotopic (exact) mass is 227 g/mol. The molecule has 2 N–H and O–H groups in total. The second-order valence-corrected chi connectivity index (χ2v) is 5.00. The smallest absolute Gasteiger partial charge is 0.253 e. The first kappa shape index (κ1) is 10.6. The Balaban J connectivity index is 2.05. The first-order chi connectivity index (χ1) is 7.04. The summed E-state index contributed by atoms with van der Waals surface area (Å²) in [5.74, 6) is 0.652. The molecular weight excluding hydrogens is 214 g/mol. The van der Waals surface area contributed by atoms with Gasteiger partial charge in [0.25, 0.3) is 0 Å². The summed E-state index contributed by atoms with van der Waals surface area (Å²) in [6.45, 7) is 0.0133. The summed E-state index contributed by atoms with van der Waals surface area (Å²) >= 11 is 0.